The Labute approximate surface area is 127 Å². The van der Waals surface area contributed by atoms with E-state index in [4.69, 9.17) is 0 Å². The van der Waals surface area contributed by atoms with E-state index in [1.165, 1.54) is 24.8 Å². The first-order chi connectivity index (χ1) is 10.2. The maximum absolute atomic E-state index is 14.9. The Hall–Kier alpha value is -1.37. The van der Waals surface area contributed by atoms with Crippen LogP contribution in [0.15, 0.2) is 30.3 Å². The summed E-state index contributed by atoms with van der Waals surface area (Å²) in [6.07, 6.45) is 7.08. The molecule has 1 fully saturated rings. The molecule has 3 rings (SSSR count). The topological polar surface area (TPSA) is 0 Å². The summed E-state index contributed by atoms with van der Waals surface area (Å²) < 4.78 is 14.9. The molecule has 0 N–H and O–H groups in total. The summed E-state index contributed by atoms with van der Waals surface area (Å²) in [5.74, 6) is 1.30. The minimum atomic E-state index is 0.0232. The van der Waals surface area contributed by atoms with Gasteiger partial charge < -0.3 is 0 Å². The van der Waals surface area contributed by atoms with Crippen LogP contribution in [-0.2, 0) is 6.42 Å². The first-order valence-electron chi connectivity index (χ1n) is 8.44. The molecule has 0 nitrogen and oxygen atoms in total. The normalized spacial score (nSPS) is 22.6. The molecule has 0 saturated heterocycles. The smallest absolute Gasteiger partial charge is 0.134 e. The molecule has 0 heterocycles. The minimum absolute atomic E-state index is 0.0232. The van der Waals surface area contributed by atoms with Crippen molar-refractivity contribution in [1.82, 2.24) is 0 Å². The first-order valence-corrected chi connectivity index (χ1v) is 8.44. The second-order valence-corrected chi connectivity index (χ2v) is 6.50. The minimum Gasteiger partial charge on any atom is -0.206 e. The van der Waals surface area contributed by atoms with Gasteiger partial charge in [-0.1, -0.05) is 50.6 Å². The molecule has 0 amide bonds. The van der Waals surface area contributed by atoms with Crippen LogP contribution in [0.3, 0.4) is 0 Å². The number of halogens is 1. The van der Waals surface area contributed by atoms with Gasteiger partial charge in [0.05, 0.1) is 0 Å². The van der Waals surface area contributed by atoms with E-state index >= 15 is 0 Å². The van der Waals surface area contributed by atoms with Crippen LogP contribution in [0, 0.1) is 11.7 Å². The van der Waals surface area contributed by atoms with Crippen LogP contribution in [0.5, 0.6) is 0 Å². The molecule has 1 heteroatoms. The van der Waals surface area contributed by atoms with E-state index < -0.39 is 0 Å². The molecule has 0 spiro atoms. The number of aryl methyl sites for hydroxylation is 1. The average Bonchev–Trinajstić information content (AvgIpc) is 2.55. The zero-order chi connectivity index (χ0) is 14.8. The quantitative estimate of drug-likeness (QED) is 0.627. The van der Waals surface area contributed by atoms with E-state index in [-0.39, 0.29) is 5.82 Å². The van der Waals surface area contributed by atoms with Gasteiger partial charge in [-0.15, -0.1) is 0 Å². The molecule has 1 saturated carbocycles. The summed E-state index contributed by atoms with van der Waals surface area (Å²) in [4.78, 5) is 0. The second-order valence-electron chi connectivity index (χ2n) is 6.50. The van der Waals surface area contributed by atoms with Gasteiger partial charge in [0.15, 0.2) is 0 Å². The van der Waals surface area contributed by atoms with Gasteiger partial charge in [-0.3, -0.25) is 0 Å². The molecule has 21 heavy (non-hydrogen) atoms. The molecule has 0 radical (unpaired) electrons. The standard InChI is InChI=1S/C20H25F/c1-3-14-5-8-16(9-6-14)18-12-10-17-13-15(4-2)7-11-19(17)20(18)21/h7,10-14,16H,3-6,8-9H2,1-2H3. The van der Waals surface area contributed by atoms with Crippen molar-refractivity contribution in [3.8, 4) is 0 Å². The Morgan fingerprint density at radius 1 is 1.00 bits per heavy atom. The van der Waals surface area contributed by atoms with Gasteiger partial charge in [0.1, 0.15) is 5.82 Å². The summed E-state index contributed by atoms with van der Waals surface area (Å²) in [7, 11) is 0. The number of benzene rings is 2. The molecule has 0 aromatic heterocycles. The van der Waals surface area contributed by atoms with Crippen molar-refractivity contribution in [2.75, 3.05) is 0 Å². The second kappa shape index (κ2) is 6.17. The van der Waals surface area contributed by atoms with E-state index in [0.717, 1.165) is 41.5 Å². The Balaban J connectivity index is 1.91. The van der Waals surface area contributed by atoms with Gasteiger partial charge in [0.25, 0.3) is 0 Å². The third-order valence-corrected chi connectivity index (χ3v) is 5.32. The fourth-order valence-corrected chi connectivity index (χ4v) is 3.78. The summed E-state index contributed by atoms with van der Waals surface area (Å²) in [5, 5.41) is 1.83. The Kier molecular flexibility index (Phi) is 4.28. The highest BCUT2D eigenvalue weighted by atomic mass is 19.1. The SMILES string of the molecule is CCc1ccc2c(F)c(C3CCC(CC)CC3)ccc2c1. The van der Waals surface area contributed by atoms with Gasteiger partial charge in [-0.2, -0.15) is 0 Å². The van der Waals surface area contributed by atoms with Crippen LogP contribution in [0.1, 0.15) is 63.0 Å². The maximum atomic E-state index is 14.9. The Morgan fingerprint density at radius 2 is 1.76 bits per heavy atom. The lowest BCUT2D eigenvalue weighted by molar-refractivity contribution is 0.315. The van der Waals surface area contributed by atoms with Gasteiger partial charge in [-0.05, 0) is 60.5 Å². The molecule has 2 aromatic rings. The zero-order valence-corrected chi connectivity index (χ0v) is 13.2. The van der Waals surface area contributed by atoms with Crippen LogP contribution in [-0.4, -0.2) is 0 Å². The molecule has 0 aliphatic heterocycles. The van der Waals surface area contributed by atoms with Gasteiger partial charge in [-0.25, -0.2) is 4.39 Å². The van der Waals surface area contributed by atoms with E-state index in [1.54, 1.807) is 0 Å². The highest BCUT2D eigenvalue weighted by molar-refractivity contribution is 5.84. The predicted octanol–water partition coefficient (Wildman–Crippen LogP) is 6.23. The van der Waals surface area contributed by atoms with Crippen molar-refractivity contribution in [3.63, 3.8) is 0 Å². The van der Waals surface area contributed by atoms with Crippen molar-refractivity contribution in [1.29, 1.82) is 0 Å². The maximum Gasteiger partial charge on any atom is 0.134 e. The lowest BCUT2D eigenvalue weighted by Crippen LogP contribution is -2.13. The lowest BCUT2D eigenvalue weighted by atomic mass is 9.77. The molecule has 2 aromatic carbocycles. The molecule has 0 atom stereocenters. The third kappa shape index (κ3) is 2.84. The lowest BCUT2D eigenvalue weighted by Gasteiger charge is -2.28. The zero-order valence-electron chi connectivity index (χ0n) is 13.2. The number of hydrogen-bond donors (Lipinski definition) is 0. The van der Waals surface area contributed by atoms with Crippen LogP contribution in [0.2, 0.25) is 0 Å². The highest BCUT2D eigenvalue weighted by Crippen LogP contribution is 2.39. The largest absolute Gasteiger partial charge is 0.206 e. The molecule has 0 bridgehead atoms. The van der Waals surface area contributed by atoms with Gasteiger partial charge >= 0.3 is 0 Å². The van der Waals surface area contributed by atoms with E-state index in [0.29, 0.717) is 5.92 Å². The molecule has 0 unspecified atom stereocenters. The van der Waals surface area contributed by atoms with Crippen LogP contribution in [0.25, 0.3) is 10.8 Å². The molecule has 112 valence electrons. The molecular weight excluding hydrogens is 259 g/mol. The number of fused-ring (bicyclic) bond motifs is 1. The van der Waals surface area contributed by atoms with Crippen molar-refractivity contribution >= 4 is 10.8 Å². The van der Waals surface area contributed by atoms with E-state index in [1.807, 2.05) is 12.1 Å². The van der Waals surface area contributed by atoms with Crippen LogP contribution < -0.4 is 0 Å². The summed E-state index contributed by atoms with van der Waals surface area (Å²) in [6.45, 7) is 4.41. The van der Waals surface area contributed by atoms with Crippen molar-refractivity contribution < 1.29 is 4.39 Å². The van der Waals surface area contributed by atoms with Gasteiger partial charge in [0, 0.05) is 5.39 Å². The fourth-order valence-electron chi connectivity index (χ4n) is 3.78. The monoisotopic (exact) mass is 284 g/mol. The Bertz CT molecular complexity index is 621. The number of hydrogen-bond acceptors (Lipinski definition) is 0. The van der Waals surface area contributed by atoms with Crippen LogP contribution >= 0.6 is 0 Å². The fraction of sp³-hybridized carbons (Fsp3) is 0.500. The van der Waals surface area contributed by atoms with E-state index in [9.17, 15) is 4.39 Å². The third-order valence-electron chi connectivity index (χ3n) is 5.32. The summed E-state index contributed by atoms with van der Waals surface area (Å²) in [6, 6.07) is 10.3. The molecule has 1 aliphatic rings. The summed E-state index contributed by atoms with van der Waals surface area (Å²) in [5.41, 5.74) is 2.22. The summed E-state index contributed by atoms with van der Waals surface area (Å²) >= 11 is 0. The van der Waals surface area contributed by atoms with E-state index in [2.05, 4.69) is 32.0 Å². The van der Waals surface area contributed by atoms with Crippen LogP contribution in [0.4, 0.5) is 4.39 Å². The van der Waals surface area contributed by atoms with Gasteiger partial charge in [0.2, 0.25) is 0 Å². The average molecular weight is 284 g/mol. The first kappa shape index (κ1) is 14.6. The predicted molar refractivity (Wildman–Crippen MR) is 88.3 cm³/mol. The highest BCUT2D eigenvalue weighted by Gasteiger charge is 2.24. The molecular formula is C20H25F. The number of rotatable bonds is 3. The van der Waals surface area contributed by atoms with Crippen molar-refractivity contribution in [3.05, 3.63) is 47.3 Å². The Morgan fingerprint density at radius 3 is 2.43 bits per heavy atom. The van der Waals surface area contributed by atoms with Crippen molar-refractivity contribution in [2.24, 2.45) is 5.92 Å². The van der Waals surface area contributed by atoms with Crippen molar-refractivity contribution in [2.45, 2.75) is 58.3 Å². The molecule has 1 aliphatic carbocycles.